The van der Waals surface area contributed by atoms with Gasteiger partial charge in [0.2, 0.25) is 31.9 Å². The fraction of sp³-hybridized carbons (Fsp3) is 0.417. The topological polar surface area (TPSA) is 133 Å². The maximum atomic E-state index is 12.6. The van der Waals surface area contributed by atoms with Crippen LogP contribution in [0.25, 0.3) is 0 Å². The van der Waals surface area contributed by atoms with Gasteiger partial charge in [-0.05, 0) is 74.2 Å². The van der Waals surface area contributed by atoms with Crippen LogP contribution in [0.3, 0.4) is 0 Å². The van der Waals surface area contributed by atoms with E-state index < -0.39 is 20.0 Å². The lowest BCUT2D eigenvalue weighted by molar-refractivity contribution is -0.114. The molecule has 2 aliphatic heterocycles. The van der Waals surface area contributed by atoms with Crippen molar-refractivity contribution in [2.75, 3.05) is 48.3 Å². The lowest BCUT2D eigenvalue weighted by atomic mass is 10.3. The number of nitrogens with one attached hydrogen (secondary N) is 2. The summed E-state index contributed by atoms with van der Waals surface area (Å²) in [6.45, 7) is 2.10. The number of amides is 2. The highest BCUT2D eigenvalue weighted by molar-refractivity contribution is 8.00. The van der Waals surface area contributed by atoms with Crippen LogP contribution in [0.2, 0.25) is 0 Å². The zero-order chi connectivity index (χ0) is 26.5. The van der Waals surface area contributed by atoms with Crippen molar-refractivity contribution in [3.63, 3.8) is 0 Å². The highest BCUT2D eigenvalue weighted by atomic mass is 32.2. The monoisotopic (exact) mass is 566 g/mol. The van der Waals surface area contributed by atoms with Gasteiger partial charge in [-0.2, -0.15) is 8.61 Å². The number of rotatable bonds is 10. The predicted molar refractivity (Wildman–Crippen MR) is 143 cm³/mol. The van der Waals surface area contributed by atoms with Gasteiger partial charge in [-0.3, -0.25) is 9.59 Å². The number of hydrogen-bond donors (Lipinski definition) is 2. The van der Waals surface area contributed by atoms with Crippen LogP contribution >= 0.6 is 11.8 Å². The lowest BCUT2D eigenvalue weighted by Gasteiger charge is -2.15. The summed E-state index contributed by atoms with van der Waals surface area (Å²) >= 11 is 1.13. The van der Waals surface area contributed by atoms with Crippen LogP contribution in [0.15, 0.2) is 58.3 Å². The lowest BCUT2D eigenvalue weighted by Crippen LogP contribution is -2.27. The molecule has 2 heterocycles. The Labute approximate surface area is 221 Å². The molecule has 0 atom stereocenters. The molecule has 37 heavy (non-hydrogen) atoms. The Balaban J connectivity index is 1.20. The second-order valence-corrected chi connectivity index (χ2v) is 13.7. The average Bonchev–Trinajstić information content (AvgIpc) is 3.60. The number of sulfonamides is 2. The van der Waals surface area contributed by atoms with E-state index in [-0.39, 0.29) is 33.1 Å². The number of benzene rings is 2. The summed E-state index contributed by atoms with van der Waals surface area (Å²) < 4.78 is 53.3. The molecule has 0 radical (unpaired) electrons. The third-order valence-corrected chi connectivity index (χ3v) is 10.9. The molecule has 13 heteroatoms. The first-order chi connectivity index (χ1) is 17.7. The van der Waals surface area contributed by atoms with Crippen LogP contribution in [0, 0.1) is 0 Å². The zero-order valence-corrected chi connectivity index (χ0v) is 22.7. The second kappa shape index (κ2) is 11.9. The van der Waals surface area contributed by atoms with E-state index in [1.807, 2.05) is 0 Å². The molecule has 2 fully saturated rings. The number of carbonyl (C=O) groups is 2. The minimum atomic E-state index is -3.51. The van der Waals surface area contributed by atoms with Gasteiger partial charge in [0.25, 0.3) is 0 Å². The van der Waals surface area contributed by atoms with Gasteiger partial charge < -0.3 is 10.6 Å². The van der Waals surface area contributed by atoms with E-state index in [4.69, 9.17) is 0 Å². The normalized spacial score (nSPS) is 17.1. The molecular formula is C24H30N4O6S3. The summed E-state index contributed by atoms with van der Waals surface area (Å²) in [6, 6.07) is 12.1. The van der Waals surface area contributed by atoms with Crippen molar-refractivity contribution in [1.29, 1.82) is 0 Å². The number of thioether (sulfide) groups is 1. The molecule has 2 aromatic rings. The molecule has 2 amide bonds. The summed E-state index contributed by atoms with van der Waals surface area (Å²) in [7, 11) is -7.01. The third-order valence-electron chi connectivity index (χ3n) is 6.15. The third kappa shape index (κ3) is 6.90. The smallest absolute Gasteiger partial charge is 0.243 e. The van der Waals surface area contributed by atoms with E-state index >= 15 is 0 Å². The maximum absolute atomic E-state index is 12.6. The molecule has 2 saturated heterocycles. The Morgan fingerprint density at radius 1 is 0.622 bits per heavy atom. The molecule has 0 bridgehead atoms. The molecule has 0 aliphatic carbocycles. The molecule has 4 rings (SSSR count). The summed E-state index contributed by atoms with van der Waals surface area (Å²) in [5.74, 6) is -0.559. The molecule has 0 aromatic heterocycles. The molecule has 0 unspecified atom stereocenters. The summed E-state index contributed by atoms with van der Waals surface area (Å²) in [5, 5.41) is 5.39. The van der Waals surface area contributed by atoms with Crippen LogP contribution in [0.5, 0.6) is 0 Å². The van der Waals surface area contributed by atoms with Crippen LogP contribution in [-0.4, -0.2) is 74.9 Å². The molecule has 2 N–H and O–H groups in total. The quantitative estimate of drug-likeness (QED) is 0.452. The van der Waals surface area contributed by atoms with E-state index in [1.165, 1.54) is 32.9 Å². The van der Waals surface area contributed by atoms with E-state index in [9.17, 15) is 26.4 Å². The van der Waals surface area contributed by atoms with Crippen molar-refractivity contribution in [2.45, 2.75) is 35.5 Å². The SMILES string of the molecule is O=C(CSCC(=O)Nc1ccc(S(=O)(=O)N2CCCC2)cc1)Nc1ccc(S(=O)(=O)N2CCCC2)cc1. The standard InChI is InChI=1S/C24H30N4O6S3/c29-23(25-19-5-9-21(10-6-19)36(31,32)27-13-1-2-14-27)17-35-18-24(30)26-20-7-11-22(12-8-20)37(33,34)28-15-3-4-16-28/h5-12H,1-4,13-18H2,(H,25,29)(H,26,30). The Hall–Kier alpha value is -2.45. The zero-order valence-electron chi connectivity index (χ0n) is 20.3. The van der Waals surface area contributed by atoms with Crippen molar-refractivity contribution in [3.8, 4) is 0 Å². The van der Waals surface area contributed by atoms with Crippen molar-refractivity contribution >= 4 is 55.0 Å². The van der Waals surface area contributed by atoms with Gasteiger partial charge in [0.05, 0.1) is 21.3 Å². The molecule has 200 valence electrons. The second-order valence-electron chi connectivity index (χ2n) is 8.86. The van der Waals surface area contributed by atoms with Gasteiger partial charge >= 0.3 is 0 Å². The van der Waals surface area contributed by atoms with Crippen molar-refractivity contribution in [2.24, 2.45) is 0 Å². The summed E-state index contributed by atoms with van der Waals surface area (Å²) in [5.41, 5.74) is 0.943. The molecule has 0 saturated carbocycles. The van der Waals surface area contributed by atoms with Crippen LogP contribution in [0.1, 0.15) is 25.7 Å². The number of anilines is 2. The number of carbonyl (C=O) groups excluding carboxylic acids is 2. The highest BCUT2D eigenvalue weighted by Crippen LogP contribution is 2.23. The number of hydrogen-bond acceptors (Lipinski definition) is 7. The largest absolute Gasteiger partial charge is 0.325 e. The maximum Gasteiger partial charge on any atom is 0.243 e. The average molecular weight is 567 g/mol. The molecular weight excluding hydrogens is 536 g/mol. The van der Waals surface area contributed by atoms with E-state index in [0.29, 0.717) is 37.6 Å². The first kappa shape index (κ1) is 27.6. The molecule has 0 spiro atoms. The molecule has 2 aliphatic rings. The van der Waals surface area contributed by atoms with Gasteiger partial charge in [0.15, 0.2) is 0 Å². The van der Waals surface area contributed by atoms with Gasteiger partial charge in [-0.1, -0.05) is 0 Å². The van der Waals surface area contributed by atoms with Crippen LogP contribution < -0.4 is 10.6 Å². The first-order valence-corrected chi connectivity index (χ1v) is 16.1. The Bertz CT molecular complexity index is 1210. The van der Waals surface area contributed by atoms with Gasteiger partial charge in [-0.25, -0.2) is 16.8 Å². The van der Waals surface area contributed by atoms with E-state index in [0.717, 1.165) is 37.4 Å². The molecule has 10 nitrogen and oxygen atoms in total. The van der Waals surface area contributed by atoms with Gasteiger partial charge in [0.1, 0.15) is 0 Å². The highest BCUT2D eigenvalue weighted by Gasteiger charge is 2.28. The van der Waals surface area contributed by atoms with Gasteiger partial charge in [0, 0.05) is 37.6 Å². The van der Waals surface area contributed by atoms with Gasteiger partial charge in [-0.15, -0.1) is 11.8 Å². The van der Waals surface area contributed by atoms with Crippen LogP contribution in [0.4, 0.5) is 11.4 Å². The van der Waals surface area contributed by atoms with Crippen molar-refractivity contribution in [3.05, 3.63) is 48.5 Å². The van der Waals surface area contributed by atoms with Crippen LogP contribution in [-0.2, 0) is 29.6 Å². The molecule has 2 aromatic carbocycles. The minimum absolute atomic E-state index is 0.0360. The Morgan fingerprint density at radius 3 is 1.27 bits per heavy atom. The minimum Gasteiger partial charge on any atom is -0.325 e. The Morgan fingerprint density at radius 2 is 0.946 bits per heavy atom. The van der Waals surface area contributed by atoms with E-state index in [1.54, 1.807) is 24.3 Å². The Kier molecular flexibility index (Phi) is 8.90. The number of nitrogens with zero attached hydrogens (tertiary/aromatic N) is 2. The summed E-state index contributed by atoms with van der Waals surface area (Å²) in [4.78, 5) is 24.9. The van der Waals surface area contributed by atoms with E-state index in [2.05, 4.69) is 10.6 Å². The summed E-state index contributed by atoms with van der Waals surface area (Å²) in [6.07, 6.45) is 3.44. The predicted octanol–water partition coefficient (Wildman–Crippen LogP) is 2.57. The van der Waals surface area contributed by atoms with Crippen molar-refractivity contribution in [1.82, 2.24) is 8.61 Å². The fourth-order valence-electron chi connectivity index (χ4n) is 4.21. The first-order valence-electron chi connectivity index (χ1n) is 12.0. The fourth-order valence-corrected chi connectivity index (χ4v) is 7.86. The van der Waals surface area contributed by atoms with Crippen molar-refractivity contribution < 1.29 is 26.4 Å².